The summed E-state index contributed by atoms with van der Waals surface area (Å²) in [4.78, 5) is 2.32. The van der Waals surface area contributed by atoms with Crippen LogP contribution < -0.4 is 5.73 Å². The second-order valence-electron chi connectivity index (χ2n) is 5.76. The summed E-state index contributed by atoms with van der Waals surface area (Å²) in [7, 11) is 2.14. The summed E-state index contributed by atoms with van der Waals surface area (Å²) in [5.74, 6) is 0. The molecule has 3 heteroatoms. The summed E-state index contributed by atoms with van der Waals surface area (Å²) >= 11 is 3.53. The van der Waals surface area contributed by atoms with Crippen LogP contribution in [0.1, 0.15) is 29.7 Å². The number of halogens is 1. The number of likely N-dealkylation sites (N-methyl/N-ethyl adjacent to an activating group) is 1. The van der Waals surface area contributed by atoms with Crippen LogP contribution in [0.5, 0.6) is 0 Å². The van der Waals surface area contributed by atoms with Crippen LogP contribution in [0.25, 0.3) is 0 Å². The number of hydrogen-bond acceptors (Lipinski definition) is 2. The van der Waals surface area contributed by atoms with Gasteiger partial charge in [0.15, 0.2) is 0 Å². The van der Waals surface area contributed by atoms with Crippen molar-refractivity contribution in [2.24, 2.45) is 5.73 Å². The second-order valence-corrected chi connectivity index (χ2v) is 6.68. The first kappa shape index (κ1) is 16.2. The third-order valence-corrected chi connectivity index (χ3v) is 4.17. The molecule has 0 spiro atoms. The Balaban J connectivity index is 2.22. The molecule has 0 aliphatic heterocycles. The predicted molar refractivity (Wildman–Crippen MR) is 93.2 cm³/mol. The molecule has 2 nitrogen and oxygen atoms in total. The van der Waals surface area contributed by atoms with E-state index in [1.165, 1.54) is 16.7 Å². The first-order valence-corrected chi connectivity index (χ1v) is 8.03. The molecule has 21 heavy (non-hydrogen) atoms. The van der Waals surface area contributed by atoms with E-state index in [1.807, 2.05) is 6.07 Å². The molecule has 0 bridgehead atoms. The van der Waals surface area contributed by atoms with E-state index >= 15 is 0 Å². The van der Waals surface area contributed by atoms with Crippen molar-refractivity contribution in [3.63, 3.8) is 0 Å². The third kappa shape index (κ3) is 4.40. The van der Waals surface area contributed by atoms with Crippen molar-refractivity contribution in [2.75, 3.05) is 7.05 Å². The van der Waals surface area contributed by atoms with Crippen LogP contribution in [0.15, 0.2) is 53.0 Å². The first-order chi connectivity index (χ1) is 9.97. The zero-order valence-corrected chi connectivity index (χ0v) is 14.5. The van der Waals surface area contributed by atoms with E-state index in [9.17, 15) is 0 Å². The van der Waals surface area contributed by atoms with Gasteiger partial charge in [0, 0.05) is 23.1 Å². The van der Waals surface area contributed by atoms with E-state index < -0.39 is 0 Å². The molecule has 2 rings (SSSR count). The molecular weight excluding hydrogens is 324 g/mol. The molecular formula is C18H23BrN2. The lowest BCUT2D eigenvalue weighted by atomic mass is 9.97. The van der Waals surface area contributed by atoms with E-state index in [-0.39, 0.29) is 12.1 Å². The molecule has 2 N–H and O–H groups in total. The topological polar surface area (TPSA) is 29.3 Å². The molecule has 2 aromatic rings. The smallest absolute Gasteiger partial charge is 0.0497 e. The molecule has 112 valence electrons. The fraction of sp³-hybridized carbons (Fsp3) is 0.333. The minimum atomic E-state index is 0.0731. The molecule has 0 aliphatic carbocycles. The summed E-state index contributed by atoms with van der Waals surface area (Å²) in [6.07, 6.45) is 0. The van der Waals surface area contributed by atoms with Gasteiger partial charge < -0.3 is 5.73 Å². The van der Waals surface area contributed by atoms with Gasteiger partial charge in [0.25, 0.3) is 0 Å². The normalized spacial score (nSPS) is 14.2. The summed E-state index contributed by atoms with van der Waals surface area (Å²) in [5.41, 5.74) is 10.1. The number of aryl methyl sites for hydroxylation is 1. The Morgan fingerprint density at radius 1 is 1.14 bits per heavy atom. The van der Waals surface area contributed by atoms with Crippen LogP contribution in [0.3, 0.4) is 0 Å². The fourth-order valence-corrected chi connectivity index (χ4v) is 3.28. The second kappa shape index (κ2) is 7.21. The zero-order valence-electron chi connectivity index (χ0n) is 12.9. The standard InChI is InChI=1S/C18H23BrN2/c1-13-6-4-8-16(10-13)18(14(2)20)21(3)12-15-7-5-9-17(19)11-15/h4-11,14,18H,12,20H2,1-3H3. The van der Waals surface area contributed by atoms with Crippen LogP contribution in [-0.2, 0) is 6.54 Å². The number of nitrogens with two attached hydrogens (primary N) is 1. The van der Waals surface area contributed by atoms with Gasteiger partial charge in [0.05, 0.1) is 0 Å². The van der Waals surface area contributed by atoms with Gasteiger partial charge >= 0.3 is 0 Å². The van der Waals surface area contributed by atoms with Crippen LogP contribution in [0.4, 0.5) is 0 Å². The lowest BCUT2D eigenvalue weighted by Crippen LogP contribution is -2.37. The van der Waals surface area contributed by atoms with Gasteiger partial charge in [-0.05, 0) is 44.2 Å². The Kier molecular flexibility index (Phi) is 5.57. The molecule has 0 aliphatic rings. The highest BCUT2D eigenvalue weighted by Crippen LogP contribution is 2.25. The van der Waals surface area contributed by atoms with Crippen LogP contribution in [0, 0.1) is 6.92 Å². The maximum atomic E-state index is 6.25. The Morgan fingerprint density at radius 3 is 2.48 bits per heavy atom. The zero-order chi connectivity index (χ0) is 15.4. The van der Waals surface area contributed by atoms with Crippen molar-refractivity contribution >= 4 is 15.9 Å². The molecule has 0 amide bonds. The molecule has 0 saturated carbocycles. The molecule has 0 radical (unpaired) electrons. The van der Waals surface area contributed by atoms with Crippen molar-refractivity contribution in [3.8, 4) is 0 Å². The summed E-state index contributed by atoms with van der Waals surface area (Å²) in [5, 5.41) is 0. The highest BCUT2D eigenvalue weighted by molar-refractivity contribution is 9.10. The monoisotopic (exact) mass is 346 g/mol. The Bertz CT molecular complexity index is 595. The van der Waals surface area contributed by atoms with E-state index in [1.54, 1.807) is 0 Å². The molecule has 2 unspecified atom stereocenters. The number of benzene rings is 2. The Hall–Kier alpha value is -1.16. The summed E-state index contributed by atoms with van der Waals surface area (Å²) < 4.78 is 1.11. The van der Waals surface area contributed by atoms with Crippen molar-refractivity contribution in [1.29, 1.82) is 0 Å². The van der Waals surface area contributed by atoms with E-state index in [2.05, 4.69) is 84.2 Å². The van der Waals surface area contributed by atoms with Crippen LogP contribution in [-0.4, -0.2) is 18.0 Å². The quantitative estimate of drug-likeness (QED) is 0.875. The number of nitrogens with zero attached hydrogens (tertiary/aromatic N) is 1. The predicted octanol–water partition coefficient (Wildman–Crippen LogP) is 4.28. The number of hydrogen-bond donors (Lipinski definition) is 1. The van der Waals surface area contributed by atoms with Gasteiger partial charge in [-0.2, -0.15) is 0 Å². The van der Waals surface area contributed by atoms with Crippen molar-refractivity contribution in [2.45, 2.75) is 32.5 Å². The molecule has 2 atom stereocenters. The first-order valence-electron chi connectivity index (χ1n) is 7.24. The van der Waals surface area contributed by atoms with E-state index in [4.69, 9.17) is 5.73 Å². The SMILES string of the molecule is Cc1cccc(C(C(C)N)N(C)Cc2cccc(Br)c2)c1. The molecule has 0 aromatic heterocycles. The van der Waals surface area contributed by atoms with E-state index in [0.717, 1.165) is 11.0 Å². The molecule has 0 fully saturated rings. The minimum absolute atomic E-state index is 0.0731. The molecule has 0 saturated heterocycles. The lowest BCUT2D eigenvalue weighted by Gasteiger charge is -2.32. The average Bonchev–Trinajstić information content (AvgIpc) is 2.38. The van der Waals surface area contributed by atoms with E-state index in [0.29, 0.717) is 0 Å². The summed E-state index contributed by atoms with van der Waals surface area (Å²) in [6, 6.07) is 17.3. The van der Waals surface area contributed by atoms with Gasteiger partial charge in [-0.3, -0.25) is 4.90 Å². The Labute approximate surface area is 136 Å². The molecule has 0 heterocycles. The van der Waals surface area contributed by atoms with Crippen molar-refractivity contribution in [3.05, 3.63) is 69.7 Å². The van der Waals surface area contributed by atoms with Crippen LogP contribution >= 0.6 is 15.9 Å². The average molecular weight is 347 g/mol. The Morgan fingerprint density at radius 2 is 1.86 bits per heavy atom. The van der Waals surface area contributed by atoms with Gasteiger partial charge in [0.2, 0.25) is 0 Å². The largest absolute Gasteiger partial charge is 0.326 e. The third-order valence-electron chi connectivity index (χ3n) is 3.68. The van der Waals surface area contributed by atoms with Crippen molar-refractivity contribution < 1.29 is 0 Å². The van der Waals surface area contributed by atoms with Crippen LogP contribution in [0.2, 0.25) is 0 Å². The summed E-state index contributed by atoms with van der Waals surface area (Å²) in [6.45, 7) is 5.07. The fourth-order valence-electron chi connectivity index (χ4n) is 2.84. The molecule has 2 aromatic carbocycles. The maximum Gasteiger partial charge on any atom is 0.0497 e. The van der Waals surface area contributed by atoms with Gasteiger partial charge in [-0.25, -0.2) is 0 Å². The highest BCUT2D eigenvalue weighted by Gasteiger charge is 2.21. The number of rotatable bonds is 5. The van der Waals surface area contributed by atoms with Crippen molar-refractivity contribution in [1.82, 2.24) is 4.90 Å². The van der Waals surface area contributed by atoms with Gasteiger partial charge in [0.1, 0.15) is 0 Å². The highest BCUT2D eigenvalue weighted by atomic mass is 79.9. The lowest BCUT2D eigenvalue weighted by molar-refractivity contribution is 0.211. The van der Waals surface area contributed by atoms with Gasteiger partial charge in [-0.1, -0.05) is 57.9 Å². The van der Waals surface area contributed by atoms with Gasteiger partial charge in [-0.15, -0.1) is 0 Å². The minimum Gasteiger partial charge on any atom is -0.326 e. The maximum absolute atomic E-state index is 6.25.